The number of pyridine rings is 1. The number of aromatic nitrogens is 4. The van der Waals surface area contributed by atoms with Crippen molar-refractivity contribution in [2.75, 3.05) is 18.4 Å². The molecule has 3 aromatic rings. The highest BCUT2D eigenvalue weighted by Crippen LogP contribution is 2.40. The van der Waals surface area contributed by atoms with Crippen LogP contribution in [-0.4, -0.2) is 56.4 Å². The van der Waals surface area contributed by atoms with E-state index in [2.05, 4.69) is 25.3 Å². The third-order valence-corrected chi connectivity index (χ3v) is 7.53. The maximum atomic E-state index is 14.0. The van der Waals surface area contributed by atoms with Gasteiger partial charge in [-0.25, -0.2) is 14.4 Å². The smallest absolute Gasteiger partial charge is 0.361 e. The van der Waals surface area contributed by atoms with Crippen LogP contribution in [-0.2, 0) is 12.6 Å². The highest BCUT2D eigenvalue weighted by Gasteiger charge is 2.40. The van der Waals surface area contributed by atoms with Crippen LogP contribution in [0.25, 0.3) is 16.8 Å². The highest BCUT2D eigenvalue weighted by molar-refractivity contribution is 5.85. The molecule has 6 rings (SSSR count). The molecule has 0 spiro atoms. The van der Waals surface area contributed by atoms with Gasteiger partial charge in [-0.3, -0.25) is 9.88 Å². The van der Waals surface area contributed by atoms with Gasteiger partial charge in [0.1, 0.15) is 17.5 Å². The number of halogens is 4. The fourth-order valence-electron chi connectivity index (χ4n) is 5.73. The van der Waals surface area contributed by atoms with Gasteiger partial charge in [-0.15, -0.1) is 0 Å². The Hall–Kier alpha value is -3.34. The van der Waals surface area contributed by atoms with Gasteiger partial charge in [-0.2, -0.15) is 13.2 Å². The van der Waals surface area contributed by atoms with E-state index in [0.29, 0.717) is 53.5 Å². The number of nitrogens with zero attached hydrogens (tertiary/aromatic N) is 5. The average molecular weight is 515 g/mol. The summed E-state index contributed by atoms with van der Waals surface area (Å²) in [6, 6.07) is 3.63. The summed E-state index contributed by atoms with van der Waals surface area (Å²) in [7, 11) is 0. The summed E-state index contributed by atoms with van der Waals surface area (Å²) in [5.41, 5.74) is 2.76. The Kier molecular flexibility index (Phi) is 5.78. The van der Waals surface area contributed by atoms with Crippen LogP contribution in [0.3, 0.4) is 0 Å². The number of allylic oxidation sites excluding steroid dienone is 1. The maximum absolute atomic E-state index is 14.0. The van der Waals surface area contributed by atoms with E-state index >= 15 is 0 Å². The maximum Gasteiger partial charge on any atom is 0.419 e. The molecule has 1 N–H and O–H groups in total. The van der Waals surface area contributed by atoms with Crippen LogP contribution >= 0.6 is 0 Å². The minimum Gasteiger partial charge on any atom is -0.361 e. The first-order valence-electron chi connectivity index (χ1n) is 12.4. The molecule has 1 saturated carbocycles. The number of fused-ring (bicyclic) bond motifs is 1. The normalized spacial score (nSPS) is 22.2. The number of anilines is 1. The van der Waals surface area contributed by atoms with Gasteiger partial charge < -0.3 is 9.84 Å². The zero-order valence-electron chi connectivity index (χ0n) is 20.4. The minimum absolute atomic E-state index is 0.0406. The first-order valence-corrected chi connectivity index (χ1v) is 12.4. The second kappa shape index (κ2) is 8.90. The summed E-state index contributed by atoms with van der Waals surface area (Å²) in [5.74, 6) is 0.777. The predicted molar refractivity (Wildman–Crippen MR) is 129 cm³/mol. The number of nitrogens with one attached hydrogen (secondary N) is 1. The number of rotatable bonds is 5. The lowest BCUT2D eigenvalue weighted by molar-refractivity contribution is -0.138. The van der Waals surface area contributed by atoms with E-state index in [9.17, 15) is 17.6 Å². The molecule has 3 aromatic heterocycles. The summed E-state index contributed by atoms with van der Waals surface area (Å²) in [6.07, 6.45) is 0.238. The fraction of sp³-hybridized carbons (Fsp3) is 0.462. The van der Waals surface area contributed by atoms with E-state index in [4.69, 9.17) is 9.51 Å². The lowest BCUT2D eigenvalue weighted by Crippen LogP contribution is -2.57. The molecule has 194 valence electrons. The predicted octanol–water partition coefficient (Wildman–Crippen LogP) is 5.14. The number of hydrogen-bond donors (Lipinski definition) is 1. The van der Waals surface area contributed by atoms with Gasteiger partial charge in [0, 0.05) is 48.9 Å². The molecular formula is C26H26F4N6O. The molecule has 0 bridgehead atoms. The lowest BCUT2D eigenvalue weighted by Gasteiger charge is -2.41. The summed E-state index contributed by atoms with van der Waals surface area (Å²) in [6.45, 7) is 4.41. The summed E-state index contributed by atoms with van der Waals surface area (Å²) in [5, 5.41) is 7.22. The molecule has 3 aliphatic rings. The van der Waals surface area contributed by atoms with E-state index in [1.165, 1.54) is 0 Å². The Morgan fingerprint density at radius 3 is 2.62 bits per heavy atom. The van der Waals surface area contributed by atoms with Gasteiger partial charge in [-0.05, 0) is 39.2 Å². The Labute approximate surface area is 211 Å². The molecule has 0 unspecified atom stereocenters. The van der Waals surface area contributed by atoms with Crippen LogP contribution in [0.4, 0.5) is 23.5 Å². The molecule has 11 heteroatoms. The molecule has 2 fully saturated rings. The van der Waals surface area contributed by atoms with E-state index < -0.39 is 17.9 Å². The summed E-state index contributed by atoms with van der Waals surface area (Å²) in [4.78, 5) is 15.2. The van der Waals surface area contributed by atoms with E-state index in [1.807, 2.05) is 6.92 Å². The van der Waals surface area contributed by atoms with Gasteiger partial charge in [0.15, 0.2) is 0 Å². The number of likely N-dealkylation sites (tertiary alicyclic amines) is 1. The Morgan fingerprint density at radius 2 is 1.92 bits per heavy atom. The lowest BCUT2D eigenvalue weighted by atomic mass is 10.0. The molecule has 1 aliphatic heterocycles. The van der Waals surface area contributed by atoms with Crippen LogP contribution < -0.4 is 5.32 Å². The molecule has 1 saturated heterocycles. The molecular weight excluding hydrogens is 488 g/mol. The summed E-state index contributed by atoms with van der Waals surface area (Å²) < 4.78 is 60.7. The average Bonchev–Trinajstić information content (AvgIpc) is 3.54. The number of alkyl halides is 4. The Bertz CT molecular complexity index is 1360. The minimum atomic E-state index is -4.62. The van der Waals surface area contributed by atoms with Crippen molar-refractivity contribution in [1.29, 1.82) is 0 Å². The zero-order chi connectivity index (χ0) is 25.9. The van der Waals surface area contributed by atoms with Crippen molar-refractivity contribution in [3.05, 3.63) is 58.4 Å². The van der Waals surface area contributed by atoms with Crippen LogP contribution in [0.5, 0.6) is 0 Å². The van der Waals surface area contributed by atoms with Crippen molar-refractivity contribution in [3.8, 4) is 11.3 Å². The van der Waals surface area contributed by atoms with Crippen molar-refractivity contribution >= 4 is 11.5 Å². The van der Waals surface area contributed by atoms with Gasteiger partial charge in [0.2, 0.25) is 5.95 Å². The topological polar surface area (TPSA) is 80.0 Å². The van der Waals surface area contributed by atoms with Crippen molar-refractivity contribution in [2.24, 2.45) is 0 Å². The van der Waals surface area contributed by atoms with Crippen LogP contribution in [0.15, 0.2) is 28.9 Å². The first kappa shape index (κ1) is 24.0. The van der Waals surface area contributed by atoms with Gasteiger partial charge in [0.25, 0.3) is 0 Å². The standard InChI is InChI=1S/C26H26F4N6O/c1-13-23(14(2)37-35-13)21-9-6-16-17(7-8-19(16)32-21)24-18(26(28,29)30)10-31-25(34-24)33-20-4-3-5-22(20)36-11-15(27)12-36/h6-7,9-10,15,20,22H,3-5,8,11-12H2,1-2H3,(H,31,33,34)/t20-,22+/m0/s1. The molecule has 7 nitrogen and oxygen atoms in total. The molecule has 0 aromatic carbocycles. The number of hydrogen-bond acceptors (Lipinski definition) is 7. The van der Waals surface area contributed by atoms with E-state index in [0.717, 1.165) is 31.0 Å². The van der Waals surface area contributed by atoms with Gasteiger partial charge in [0.05, 0.1) is 28.3 Å². The molecule has 0 amide bonds. The van der Waals surface area contributed by atoms with Crippen LogP contribution in [0.1, 0.15) is 53.2 Å². The van der Waals surface area contributed by atoms with Crippen molar-refractivity contribution in [3.63, 3.8) is 0 Å². The van der Waals surface area contributed by atoms with Crippen LogP contribution in [0.2, 0.25) is 0 Å². The third kappa shape index (κ3) is 4.28. The number of aryl methyl sites for hydroxylation is 2. The van der Waals surface area contributed by atoms with Crippen molar-refractivity contribution in [2.45, 2.75) is 64.0 Å². The quantitative estimate of drug-likeness (QED) is 0.473. The molecule has 4 heterocycles. The van der Waals surface area contributed by atoms with Crippen LogP contribution in [0, 0.1) is 13.8 Å². The molecule has 37 heavy (non-hydrogen) atoms. The fourth-order valence-corrected chi connectivity index (χ4v) is 5.73. The van der Waals surface area contributed by atoms with Gasteiger partial charge in [-0.1, -0.05) is 17.3 Å². The van der Waals surface area contributed by atoms with Crippen molar-refractivity contribution in [1.82, 2.24) is 25.0 Å². The Balaban J connectivity index is 1.32. The largest absolute Gasteiger partial charge is 0.419 e. The van der Waals surface area contributed by atoms with Gasteiger partial charge >= 0.3 is 6.18 Å². The third-order valence-electron chi connectivity index (χ3n) is 7.53. The SMILES string of the molecule is Cc1noc(C)c1-c1ccc2c(n1)CC=C2c1nc(N[C@H]2CCC[C@H]2N2CC(F)C2)ncc1C(F)(F)F. The zero-order valence-corrected chi connectivity index (χ0v) is 20.4. The molecule has 2 aliphatic carbocycles. The van der Waals surface area contributed by atoms with E-state index in [1.54, 1.807) is 25.1 Å². The second-order valence-electron chi connectivity index (χ2n) is 9.97. The molecule has 2 atom stereocenters. The van der Waals surface area contributed by atoms with E-state index in [-0.39, 0.29) is 23.7 Å². The highest BCUT2D eigenvalue weighted by atomic mass is 19.4. The Morgan fingerprint density at radius 1 is 1.11 bits per heavy atom. The summed E-state index contributed by atoms with van der Waals surface area (Å²) >= 11 is 0. The second-order valence-corrected chi connectivity index (χ2v) is 9.97. The monoisotopic (exact) mass is 514 g/mol. The molecule has 0 radical (unpaired) electrons. The first-order chi connectivity index (χ1) is 17.7. The van der Waals surface area contributed by atoms with Crippen molar-refractivity contribution < 1.29 is 22.1 Å².